The Labute approximate surface area is 125 Å². The first-order valence-corrected chi connectivity index (χ1v) is 8.49. The van der Waals surface area contributed by atoms with Crippen LogP contribution in [0.3, 0.4) is 0 Å². The molecule has 0 spiro atoms. The molecule has 0 saturated heterocycles. The number of unbranched alkanes of at least 4 members (excludes halogenated alkanes) is 7. The molecular formula is C19H31N. The Kier molecular flexibility index (Phi) is 9.91. The van der Waals surface area contributed by atoms with E-state index in [2.05, 4.69) is 37.0 Å². The van der Waals surface area contributed by atoms with E-state index in [1.54, 1.807) is 0 Å². The first-order valence-electron chi connectivity index (χ1n) is 8.49. The molecule has 0 aliphatic heterocycles. The molecule has 0 aromatic carbocycles. The summed E-state index contributed by atoms with van der Waals surface area (Å²) in [7, 11) is 0. The van der Waals surface area contributed by atoms with Crippen molar-refractivity contribution in [2.75, 3.05) is 0 Å². The Morgan fingerprint density at radius 3 is 2.25 bits per heavy atom. The van der Waals surface area contributed by atoms with Crippen molar-refractivity contribution in [3.05, 3.63) is 36.2 Å². The summed E-state index contributed by atoms with van der Waals surface area (Å²) >= 11 is 0. The topological polar surface area (TPSA) is 12.9 Å². The summed E-state index contributed by atoms with van der Waals surface area (Å²) in [5.41, 5.74) is 2.59. The third-order valence-corrected chi connectivity index (χ3v) is 3.74. The lowest BCUT2D eigenvalue weighted by atomic mass is 10.0. The van der Waals surface area contributed by atoms with Crippen LogP contribution in [0.25, 0.3) is 5.57 Å². The highest BCUT2D eigenvalue weighted by molar-refractivity contribution is 5.62. The maximum atomic E-state index is 4.48. The standard InChI is InChI=1S/C19H31N/c1-3-5-6-7-8-9-10-11-15-18(14-4-2)19-16-12-13-17-20-19/h12-14,16-17H,3-11,15H2,1-2H3. The van der Waals surface area contributed by atoms with Crippen molar-refractivity contribution in [3.63, 3.8) is 0 Å². The lowest BCUT2D eigenvalue weighted by molar-refractivity contribution is 0.578. The van der Waals surface area contributed by atoms with Crippen LogP contribution in [0, 0.1) is 0 Å². The Morgan fingerprint density at radius 2 is 1.65 bits per heavy atom. The highest BCUT2D eigenvalue weighted by Gasteiger charge is 2.02. The number of nitrogens with zero attached hydrogens (tertiary/aromatic N) is 1. The van der Waals surface area contributed by atoms with E-state index < -0.39 is 0 Å². The monoisotopic (exact) mass is 273 g/mol. The van der Waals surface area contributed by atoms with E-state index >= 15 is 0 Å². The molecule has 0 saturated carbocycles. The van der Waals surface area contributed by atoms with E-state index in [0.717, 1.165) is 12.1 Å². The molecule has 0 N–H and O–H groups in total. The fourth-order valence-corrected chi connectivity index (χ4v) is 2.58. The highest BCUT2D eigenvalue weighted by atomic mass is 14.7. The van der Waals surface area contributed by atoms with E-state index in [-0.39, 0.29) is 0 Å². The van der Waals surface area contributed by atoms with Gasteiger partial charge >= 0.3 is 0 Å². The molecule has 0 bridgehead atoms. The molecule has 1 rings (SSSR count). The summed E-state index contributed by atoms with van der Waals surface area (Å²) < 4.78 is 0. The van der Waals surface area contributed by atoms with Crippen LogP contribution in [-0.4, -0.2) is 4.98 Å². The smallest absolute Gasteiger partial charge is 0.0658 e. The third-order valence-electron chi connectivity index (χ3n) is 3.74. The fourth-order valence-electron chi connectivity index (χ4n) is 2.58. The van der Waals surface area contributed by atoms with Gasteiger partial charge in [0.05, 0.1) is 5.69 Å². The number of aromatic nitrogens is 1. The molecule has 1 aromatic rings. The van der Waals surface area contributed by atoms with Crippen molar-refractivity contribution in [1.82, 2.24) is 4.98 Å². The lowest BCUT2D eigenvalue weighted by Crippen LogP contribution is -1.90. The number of rotatable bonds is 11. The summed E-state index contributed by atoms with van der Waals surface area (Å²) in [6.45, 7) is 4.48. The molecular weight excluding hydrogens is 242 g/mol. The Balaban J connectivity index is 2.19. The van der Waals surface area contributed by atoms with Gasteiger partial charge < -0.3 is 0 Å². The van der Waals surface area contributed by atoms with E-state index in [1.807, 2.05) is 12.3 Å². The number of pyridine rings is 1. The zero-order valence-electron chi connectivity index (χ0n) is 13.4. The molecule has 1 heteroatoms. The Hall–Kier alpha value is -1.11. The lowest BCUT2D eigenvalue weighted by Gasteiger charge is -2.07. The molecule has 0 aliphatic carbocycles. The fraction of sp³-hybridized carbons (Fsp3) is 0.632. The summed E-state index contributed by atoms with van der Waals surface area (Å²) in [6, 6.07) is 6.20. The molecule has 1 nitrogen and oxygen atoms in total. The largest absolute Gasteiger partial charge is 0.257 e. The quantitative estimate of drug-likeness (QED) is 0.425. The summed E-state index contributed by atoms with van der Waals surface area (Å²) in [5, 5.41) is 0. The van der Waals surface area contributed by atoms with E-state index in [0.29, 0.717) is 0 Å². The molecule has 0 fully saturated rings. The van der Waals surface area contributed by atoms with Crippen LogP contribution in [0.4, 0.5) is 0 Å². The predicted molar refractivity (Wildman–Crippen MR) is 89.7 cm³/mol. The highest BCUT2D eigenvalue weighted by Crippen LogP contribution is 2.20. The minimum absolute atomic E-state index is 1.10. The number of allylic oxidation sites excluding steroid dienone is 2. The van der Waals surface area contributed by atoms with Gasteiger partial charge in [-0.3, -0.25) is 4.98 Å². The van der Waals surface area contributed by atoms with Gasteiger partial charge in [-0.2, -0.15) is 0 Å². The number of hydrogen-bond donors (Lipinski definition) is 0. The Morgan fingerprint density at radius 1 is 0.950 bits per heavy atom. The van der Waals surface area contributed by atoms with Crippen LogP contribution in [0.15, 0.2) is 30.5 Å². The molecule has 1 heterocycles. The van der Waals surface area contributed by atoms with Gasteiger partial charge in [-0.15, -0.1) is 0 Å². The molecule has 0 unspecified atom stereocenters. The van der Waals surface area contributed by atoms with Crippen molar-refractivity contribution < 1.29 is 0 Å². The summed E-state index contributed by atoms with van der Waals surface area (Å²) in [6.07, 6.45) is 17.6. The summed E-state index contributed by atoms with van der Waals surface area (Å²) in [5.74, 6) is 0. The Bertz CT molecular complexity index is 353. The maximum absolute atomic E-state index is 4.48. The first kappa shape index (κ1) is 16.9. The normalized spacial score (nSPS) is 11.8. The van der Waals surface area contributed by atoms with Gasteiger partial charge in [0.2, 0.25) is 0 Å². The van der Waals surface area contributed by atoms with Gasteiger partial charge in [0.25, 0.3) is 0 Å². The van der Waals surface area contributed by atoms with Crippen LogP contribution >= 0.6 is 0 Å². The molecule has 0 amide bonds. The minimum Gasteiger partial charge on any atom is -0.257 e. The van der Waals surface area contributed by atoms with Gasteiger partial charge in [-0.1, -0.05) is 70.9 Å². The molecule has 0 radical (unpaired) electrons. The van der Waals surface area contributed by atoms with Crippen LogP contribution in [0.2, 0.25) is 0 Å². The van der Waals surface area contributed by atoms with Crippen LogP contribution < -0.4 is 0 Å². The van der Waals surface area contributed by atoms with Crippen molar-refractivity contribution in [3.8, 4) is 0 Å². The van der Waals surface area contributed by atoms with Crippen LogP contribution in [0.1, 0.15) is 83.7 Å². The second kappa shape index (κ2) is 11.7. The molecule has 20 heavy (non-hydrogen) atoms. The SMILES string of the molecule is CCC=C(CCCCCCCCCC)c1ccccn1. The van der Waals surface area contributed by atoms with Gasteiger partial charge in [0.1, 0.15) is 0 Å². The number of hydrogen-bond acceptors (Lipinski definition) is 1. The van der Waals surface area contributed by atoms with Gasteiger partial charge in [-0.25, -0.2) is 0 Å². The van der Waals surface area contributed by atoms with Gasteiger partial charge in [0.15, 0.2) is 0 Å². The van der Waals surface area contributed by atoms with Crippen molar-refractivity contribution in [2.24, 2.45) is 0 Å². The predicted octanol–water partition coefficient (Wildman–Crippen LogP) is 6.41. The minimum atomic E-state index is 1.10. The molecule has 1 aromatic heterocycles. The average Bonchev–Trinajstić information content (AvgIpc) is 2.50. The van der Waals surface area contributed by atoms with Gasteiger partial charge in [0, 0.05) is 6.20 Å². The molecule has 0 atom stereocenters. The maximum Gasteiger partial charge on any atom is 0.0658 e. The zero-order valence-corrected chi connectivity index (χ0v) is 13.4. The van der Waals surface area contributed by atoms with E-state index in [9.17, 15) is 0 Å². The van der Waals surface area contributed by atoms with Crippen molar-refractivity contribution in [1.29, 1.82) is 0 Å². The van der Waals surface area contributed by atoms with Crippen LogP contribution in [0.5, 0.6) is 0 Å². The second-order valence-corrected chi connectivity index (χ2v) is 5.58. The molecule has 112 valence electrons. The molecule has 0 aliphatic rings. The van der Waals surface area contributed by atoms with Crippen molar-refractivity contribution in [2.45, 2.75) is 78.1 Å². The second-order valence-electron chi connectivity index (χ2n) is 5.58. The van der Waals surface area contributed by atoms with Gasteiger partial charge in [-0.05, 0) is 37.0 Å². The van der Waals surface area contributed by atoms with E-state index in [1.165, 1.54) is 63.4 Å². The summed E-state index contributed by atoms with van der Waals surface area (Å²) in [4.78, 5) is 4.48. The third kappa shape index (κ3) is 7.47. The average molecular weight is 273 g/mol. The van der Waals surface area contributed by atoms with Crippen LogP contribution in [-0.2, 0) is 0 Å². The zero-order chi connectivity index (χ0) is 14.5. The van der Waals surface area contributed by atoms with Crippen molar-refractivity contribution >= 4 is 5.57 Å². The first-order chi connectivity index (χ1) is 9.88. The van der Waals surface area contributed by atoms with E-state index in [4.69, 9.17) is 0 Å².